The number of benzene rings is 1. The predicted molar refractivity (Wildman–Crippen MR) is 56.4 cm³/mol. The van der Waals surface area contributed by atoms with E-state index in [1.54, 1.807) is 14.2 Å². The standard InChI is InChI=1S/C11H14NO2/c1-12-7-6-9-4-5-10(13-2)11(8-9)14-3/h1,4-5,8H,6-7H2,2-3H3/q+1. The maximum absolute atomic E-state index is 5.17. The van der Waals surface area contributed by atoms with Gasteiger partial charge in [0.05, 0.1) is 14.2 Å². The number of hydrogen-bond acceptors (Lipinski definition) is 2. The van der Waals surface area contributed by atoms with E-state index in [9.17, 15) is 0 Å². The Morgan fingerprint density at radius 2 is 1.93 bits per heavy atom. The summed E-state index contributed by atoms with van der Waals surface area (Å²) in [5, 5.41) is 0. The Labute approximate surface area is 84.1 Å². The molecule has 0 bridgehead atoms. The van der Waals surface area contributed by atoms with E-state index in [0.717, 1.165) is 23.5 Å². The molecule has 3 nitrogen and oxygen atoms in total. The van der Waals surface area contributed by atoms with Gasteiger partial charge in [0, 0.05) is 6.42 Å². The van der Waals surface area contributed by atoms with Crippen LogP contribution in [0.2, 0.25) is 0 Å². The summed E-state index contributed by atoms with van der Waals surface area (Å²) in [6, 6.07) is 5.79. The average molecular weight is 192 g/mol. The van der Waals surface area contributed by atoms with Crippen molar-refractivity contribution in [2.45, 2.75) is 6.42 Å². The summed E-state index contributed by atoms with van der Waals surface area (Å²) < 4.78 is 10.3. The molecule has 0 N–H and O–H groups in total. The van der Waals surface area contributed by atoms with Crippen molar-refractivity contribution in [1.29, 1.82) is 0 Å². The van der Waals surface area contributed by atoms with Crippen LogP contribution >= 0.6 is 0 Å². The Morgan fingerprint density at radius 3 is 2.50 bits per heavy atom. The third-order valence-electron chi connectivity index (χ3n) is 1.98. The smallest absolute Gasteiger partial charge is 0.267 e. The molecule has 0 unspecified atom stereocenters. The quantitative estimate of drug-likeness (QED) is 0.730. The van der Waals surface area contributed by atoms with Crippen molar-refractivity contribution in [3.63, 3.8) is 0 Å². The second-order valence-corrected chi connectivity index (χ2v) is 2.85. The van der Waals surface area contributed by atoms with Crippen molar-refractivity contribution in [1.82, 2.24) is 0 Å². The second-order valence-electron chi connectivity index (χ2n) is 2.85. The van der Waals surface area contributed by atoms with Gasteiger partial charge in [-0.3, -0.25) is 0 Å². The first kappa shape index (κ1) is 10.4. The van der Waals surface area contributed by atoms with Crippen molar-refractivity contribution in [3.05, 3.63) is 28.6 Å². The summed E-state index contributed by atoms with van der Waals surface area (Å²) in [6.45, 7) is 5.69. The van der Waals surface area contributed by atoms with Gasteiger partial charge in [-0.1, -0.05) is 10.9 Å². The van der Waals surface area contributed by atoms with E-state index in [2.05, 4.69) is 4.85 Å². The first-order valence-electron chi connectivity index (χ1n) is 4.39. The molecule has 0 aliphatic rings. The van der Waals surface area contributed by atoms with Gasteiger partial charge in [0.2, 0.25) is 0 Å². The topological polar surface area (TPSA) is 22.8 Å². The summed E-state index contributed by atoms with van der Waals surface area (Å²) in [4.78, 5) is 3.56. The largest absolute Gasteiger partial charge is 0.493 e. The highest BCUT2D eigenvalue weighted by molar-refractivity contribution is 5.42. The van der Waals surface area contributed by atoms with Crippen molar-refractivity contribution in [2.75, 3.05) is 20.8 Å². The zero-order valence-electron chi connectivity index (χ0n) is 8.49. The van der Waals surface area contributed by atoms with Crippen LogP contribution in [0.4, 0.5) is 0 Å². The molecule has 0 saturated carbocycles. The van der Waals surface area contributed by atoms with Crippen LogP contribution in [0.1, 0.15) is 5.56 Å². The van der Waals surface area contributed by atoms with Gasteiger partial charge in [-0.25, -0.2) is 0 Å². The maximum atomic E-state index is 5.17. The highest BCUT2D eigenvalue weighted by atomic mass is 16.5. The molecule has 1 rings (SSSR count). The zero-order chi connectivity index (χ0) is 10.4. The lowest BCUT2D eigenvalue weighted by Crippen LogP contribution is -1.93. The SMILES string of the molecule is C#[N+]CCc1ccc(OC)c(OC)c1. The fourth-order valence-corrected chi connectivity index (χ4v) is 1.23. The molecule has 3 heteroatoms. The molecule has 74 valence electrons. The Morgan fingerprint density at radius 1 is 1.21 bits per heavy atom. The molecule has 0 heterocycles. The van der Waals surface area contributed by atoms with E-state index >= 15 is 0 Å². The van der Waals surface area contributed by atoms with E-state index in [4.69, 9.17) is 16.0 Å². The summed E-state index contributed by atoms with van der Waals surface area (Å²) >= 11 is 0. The van der Waals surface area contributed by atoms with Crippen LogP contribution in [0.15, 0.2) is 18.2 Å². The number of rotatable bonds is 4. The van der Waals surface area contributed by atoms with Crippen LogP contribution in [0, 0.1) is 6.57 Å². The van der Waals surface area contributed by atoms with E-state index in [1.165, 1.54) is 0 Å². The minimum absolute atomic E-state index is 0.621. The fraction of sp³-hybridized carbons (Fsp3) is 0.364. The van der Waals surface area contributed by atoms with Crippen LogP contribution in [-0.4, -0.2) is 20.8 Å². The van der Waals surface area contributed by atoms with Gasteiger partial charge in [-0.2, -0.15) is 0 Å². The van der Waals surface area contributed by atoms with Crippen LogP contribution in [-0.2, 0) is 6.42 Å². The Bertz CT molecular complexity index is 342. The highest BCUT2D eigenvalue weighted by Crippen LogP contribution is 2.27. The third kappa shape index (κ3) is 2.40. The molecule has 0 fully saturated rings. The minimum atomic E-state index is 0.621. The Hall–Kier alpha value is -1.69. The predicted octanol–water partition coefficient (Wildman–Crippen LogP) is 2.21. The van der Waals surface area contributed by atoms with Gasteiger partial charge in [-0.05, 0) is 17.7 Å². The molecule has 0 saturated heterocycles. The van der Waals surface area contributed by atoms with Crippen molar-refractivity contribution < 1.29 is 9.47 Å². The molecule has 0 aliphatic heterocycles. The van der Waals surface area contributed by atoms with Crippen molar-refractivity contribution >= 4 is 0 Å². The van der Waals surface area contributed by atoms with E-state index < -0.39 is 0 Å². The molecule has 0 aromatic heterocycles. The van der Waals surface area contributed by atoms with Crippen LogP contribution in [0.5, 0.6) is 11.5 Å². The lowest BCUT2D eigenvalue weighted by molar-refractivity contribution is 0.354. The summed E-state index contributed by atoms with van der Waals surface area (Å²) in [7, 11) is 3.24. The molecule has 1 aromatic rings. The molecule has 0 atom stereocenters. The normalized spacial score (nSPS) is 9.21. The lowest BCUT2D eigenvalue weighted by atomic mass is 10.1. The fourth-order valence-electron chi connectivity index (χ4n) is 1.23. The van der Waals surface area contributed by atoms with Crippen molar-refractivity contribution in [3.8, 4) is 18.1 Å². The van der Waals surface area contributed by atoms with Crippen LogP contribution < -0.4 is 9.47 Å². The molecule has 0 amide bonds. The number of nitrogens with zero attached hydrogens (tertiary/aromatic N) is 1. The van der Waals surface area contributed by atoms with Gasteiger partial charge in [0.15, 0.2) is 11.5 Å². The van der Waals surface area contributed by atoms with Crippen LogP contribution in [0.3, 0.4) is 0 Å². The first-order valence-corrected chi connectivity index (χ1v) is 4.39. The van der Waals surface area contributed by atoms with E-state index in [1.807, 2.05) is 18.2 Å². The van der Waals surface area contributed by atoms with E-state index in [0.29, 0.717) is 6.54 Å². The summed E-state index contributed by atoms with van der Waals surface area (Å²) in [6.07, 6.45) is 0.816. The van der Waals surface area contributed by atoms with Gasteiger partial charge >= 0.3 is 0 Å². The first-order chi connectivity index (χ1) is 6.81. The molecule has 0 spiro atoms. The summed E-state index contributed by atoms with van der Waals surface area (Å²) in [5.41, 5.74) is 1.14. The molecule has 0 radical (unpaired) electrons. The highest BCUT2D eigenvalue weighted by Gasteiger charge is 2.05. The van der Waals surface area contributed by atoms with Gasteiger partial charge in [0.25, 0.3) is 13.1 Å². The van der Waals surface area contributed by atoms with E-state index in [-0.39, 0.29) is 0 Å². The molecular weight excluding hydrogens is 178 g/mol. The maximum Gasteiger partial charge on any atom is 0.267 e. The molecule has 14 heavy (non-hydrogen) atoms. The Balaban J connectivity index is 2.85. The second kappa shape index (κ2) is 5.13. The van der Waals surface area contributed by atoms with Crippen molar-refractivity contribution in [2.24, 2.45) is 0 Å². The average Bonchev–Trinajstić information content (AvgIpc) is 2.25. The molecule has 0 aliphatic carbocycles. The van der Waals surface area contributed by atoms with Crippen LogP contribution in [0.25, 0.3) is 4.85 Å². The number of methoxy groups -OCH3 is 2. The number of ether oxygens (including phenoxy) is 2. The third-order valence-corrected chi connectivity index (χ3v) is 1.98. The minimum Gasteiger partial charge on any atom is -0.493 e. The Kier molecular flexibility index (Phi) is 3.81. The number of hydrogen-bond donors (Lipinski definition) is 0. The zero-order valence-corrected chi connectivity index (χ0v) is 8.49. The van der Waals surface area contributed by atoms with Gasteiger partial charge < -0.3 is 9.47 Å². The molecule has 1 aromatic carbocycles. The summed E-state index contributed by atoms with van der Waals surface area (Å²) in [5.74, 6) is 1.47. The van der Waals surface area contributed by atoms with Gasteiger partial charge in [0.1, 0.15) is 0 Å². The molecular formula is C11H14NO2+. The monoisotopic (exact) mass is 192 g/mol. The lowest BCUT2D eigenvalue weighted by Gasteiger charge is -2.07. The van der Waals surface area contributed by atoms with Gasteiger partial charge in [-0.15, -0.1) is 0 Å².